The molecule has 0 bridgehead atoms. The minimum Gasteiger partial charge on any atom is -0.497 e. The van der Waals surface area contributed by atoms with Crippen LogP contribution in [0.1, 0.15) is 22.3 Å². The van der Waals surface area contributed by atoms with E-state index < -0.39 is 5.91 Å². The molecule has 0 saturated heterocycles. The molecule has 3 rings (SSSR count). The molecule has 1 amide bonds. The molecule has 0 aliphatic carbocycles. The van der Waals surface area contributed by atoms with Crippen molar-refractivity contribution >= 4 is 5.91 Å². The Hall–Kier alpha value is -3.18. The summed E-state index contributed by atoms with van der Waals surface area (Å²) < 4.78 is 10.4. The van der Waals surface area contributed by atoms with Crippen molar-refractivity contribution in [2.24, 2.45) is 5.73 Å². The fourth-order valence-corrected chi connectivity index (χ4v) is 3.08. The summed E-state index contributed by atoms with van der Waals surface area (Å²) in [4.78, 5) is 16.1. The first kappa shape index (κ1) is 19.6. The molecule has 0 radical (unpaired) electrons. The molecule has 2 aromatic carbocycles. The first-order valence-electron chi connectivity index (χ1n) is 9.15. The van der Waals surface area contributed by atoms with Gasteiger partial charge in [0.1, 0.15) is 5.75 Å². The average Bonchev–Trinajstić information content (AvgIpc) is 2.74. The van der Waals surface area contributed by atoms with Gasteiger partial charge in [0.25, 0.3) is 0 Å². The molecule has 1 heterocycles. The first-order valence-corrected chi connectivity index (χ1v) is 9.15. The van der Waals surface area contributed by atoms with Crippen LogP contribution in [0.3, 0.4) is 0 Å². The summed E-state index contributed by atoms with van der Waals surface area (Å²) in [7, 11) is 3.35. The third-order valence-electron chi connectivity index (χ3n) is 4.60. The number of nitrogens with zero attached hydrogens (tertiary/aromatic N) is 1. The summed E-state index contributed by atoms with van der Waals surface area (Å²) in [6.45, 7) is 0.711. The Bertz CT molecular complexity index is 935. The van der Waals surface area contributed by atoms with Crippen LogP contribution in [0.5, 0.6) is 5.75 Å². The van der Waals surface area contributed by atoms with Crippen LogP contribution in [-0.2, 0) is 11.2 Å². The lowest BCUT2D eigenvalue weighted by molar-refractivity contribution is 0.100. The van der Waals surface area contributed by atoms with E-state index in [0.717, 1.165) is 46.5 Å². The van der Waals surface area contributed by atoms with Gasteiger partial charge in [-0.2, -0.15) is 0 Å². The molecule has 0 spiro atoms. The fourth-order valence-electron chi connectivity index (χ4n) is 3.08. The van der Waals surface area contributed by atoms with E-state index in [9.17, 15) is 4.79 Å². The molecular formula is C23H24N2O3. The fraction of sp³-hybridized carbons (Fsp3) is 0.217. The Labute approximate surface area is 165 Å². The Morgan fingerprint density at radius 2 is 1.68 bits per heavy atom. The number of carbonyl (C=O) groups is 1. The van der Waals surface area contributed by atoms with Gasteiger partial charge in [-0.15, -0.1) is 0 Å². The molecule has 0 unspecified atom stereocenters. The lowest BCUT2D eigenvalue weighted by Crippen LogP contribution is -2.10. The zero-order valence-corrected chi connectivity index (χ0v) is 16.1. The molecule has 5 heteroatoms. The van der Waals surface area contributed by atoms with Gasteiger partial charge >= 0.3 is 0 Å². The summed E-state index contributed by atoms with van der Waals surface area (Å²) in [5, 5.41) is 0. The zero-order valence-electron chi connectivity index (χ0n) is 16.1. The van der Waals surface area contributed by atoms with E-state index in [2.05, 4.69) is 6.07 Å². The van der Waals surface area contributed by atoms with Crippen molar-refractivity contribution in [2.75, 3.05) is 20.8 Å². The van der Waals surface area contributed by atoms with Crippen molar-refractivity contribution in [1.29, 1.82) is 0 Å². The van der Waals surface area contributed by atoms with Gasteiger partial charge in [0.05, 0.1) is 12.8 Å². The van der Waals surface area contributed by atoms with Gasteiger partial charge in [0.15, 0.2) is 0 Å². The van der Waals surface area contributed by atoms with Gasteiger partial charge in [-0.1, -0.05) is 12.1 Å². The molecule has 28 heavy (non-hydrogen) atoms. The third kappa shape index (κ3) is 4.56. The number of primary amides is 1. The van der Waals surface area contributed by atoms with Crippen molar-refractivity contribution in [3.63, 3.8) is 0 Å². The van der Waals surface area contributed by atoms with E-state index in [-0.39, 0.29) is 0 Å². The Balaban J connectivity index is 2.03. The summed E-state index contributed by atoms with van der Waals surface area (Å²) >= 11 is 0. The second-order valence-electron chi connectivity index (χ2n) is 6.51. The highest BCUT2D eigenvalue weighted by molar-refractivity contribution is 5.93. The lowest BCUT2D eigenvalue weighted by atomic mass is 9.96. The number of methoxy groups -OCH3 is 2. The number of amides is 1. The van der Waals surface area contributed by atoms with Gasteiger partial charge in [0, 0.05) is 36.6 Å². The van der Waals surface area contributed by atoms with Crippen molar-refractivity contribution in [3.05, 3.63) is 71.9 Å². The Morgan fingerprint density at radius 1 is 1.00 bits per heavy atom. The van der Waals surface area contributed by atoms with E-state index >= 15 is 0 Å². The third-order valence-corrected chi connectivity index (χ3v) is 4.60. The number of hydrogen-bond acceptors (Lipinski definition) is 4. The first-order chi connectivity index (χ1) is 13.6. The maximum absolute atomic E-state index is 11.4. The molecule has 5 nitrogen and oxygen atoms in total. The van der Waals surface area contributed by atoms with Crippen molar-refractivity contribution in [2.45, 2.75) is 12.8 Å². The number of aromatic nitrogens is 1. The van der Waals surface area contributed by atoms with Crippen molar-refractivity contribution in [3.8, 4) is 28.1 Å². The van der Waals surface area contributed by atoms with E-state index in [1.165, 1.54) is 0 Å². The molecule has 1 aromatic heterocycles. The van der Waals surface area contributed by atoms with E-state index in [1.807, 2.05) is 42.6 Å². The number of carbonyl (C=O) groups excluding carboxylic acids is 1. The minimum atomic E-state index is -0.437. The van der Waals surface area contributed by atoms with Crippen LogP contribution >= 0.6 is 0 Å². The van der Waals surface area contributed by atoms with Crippen LogP contribution in [0.4, 0.5) is 0 Å². The van der Waals surface area contributed by atoms with Gasteiger partial charge in [-0.3, -0.25) is 9.78 Å². The molecule has 0 aliphatic heterocycles. The molecular weight excluding hydrogens is 352 g/mol. The normalized spacial score (nSPS) is 10.6. The van der Waals surface area contributed by atoms with Gasteiger partial charge in [0.2, 0.25) is 5.91 Å². The second-order valence-corrected chi connectivity index (χ2v) is 6.51. The summed E-state index contributed by atoms with van der Waals surface area (Å²) in [6.07, 6.45) is 3.73. The highest BCUT2D eigenvalue weighted by Gasteiger charge is 2.12. The van der Waals surface area contributed by atoms with Gasteiger partial charge in [-0.25, -0.2) is 0 Å². The largest absolute Gasteiger partial charge is 0.497 e. The van der Waals surface area contributed by atoms with Crippen LogP contribution < -0.4 is 10.5 Å². The quantitative estimate of drug-likeness (QED) is 0.601. The molecule has 0 atom stereocenters. The molecule has 3 aromatic rings. The van der Waals surface area contributed by atoms with Crippen molar-refractivity contribution in [1.82, 2.24) is 4.98 Å². The minimum absolute atomic E-state index is 0.437. The molecule has 144 valence electrons. The summed E-state index contributed by atoms with van der Waals surface area (Å²) in [5.74, 6) is 0.362. The SMILES string of the molecule is COCCCc1cnc(-c2ccc(OC)cc2)c(-c2ccc(C(N)=O)cc2)c1. The number of nitrogens with two attached hydrogens (primary N) is 1. The number of rotatable bonds is 8. The maximum atomic E-state index is 11.4. The van der Waals surface area contributed by atoms with Gasteiger partial charge < -0.3 is 15.2 Å². The van der Waals surface area contributed by atoms with Crippen LogP contribution in [0, 0.1) is 0 Å². The number of benzene rings is 2. The molecule has 0 saturated carbocycles. The average molecular weight is 376 g/mol. The van der Waals surface area contributed by atoms with Crippen LogP contribution in [0.15, 0.2) is 60.8 Å². The monoisotopic (exact) mass is 376 g/mol. The van der Waals surface area contributed by atoms with Crippen LogP contribution in [0.2, 0.25) is 0 Å². The second kappa shape index (κ2) is 9.15. The Morgan fingerprint density at radius 3 is 2.29 bits per heavy atom. The van der Waals surface area contributed by atoms with E-state index in [0.29, 0.717) is 12.2 Å². The lowest BCUT2D eigenvalue weighted by Gasteiger charge is -2.13. The summed E-state index contributed by atoms with van der Waals surface area (Å²) in [5.41, 5.74) is 10.9. The standard InChI is InChI=1S/C23H24N2O3/c1-27-13-3-4-16-14-21(17-5-7-19(8-6-17)23(24)26)22(25-15-16)18-9-11-20(28-2)12-10-18/h5-12,14-15H,3-4,13H2,1-2H3,(H2,24,26). The molecule has 2 N–H and O–H groups in total. The molecule has 0 aliphatic rings. The predicted molar refractivity (Wildman–Crippen MR) is 110 cm³/mol. The van der Waals surface area contributed by atoms with Gasteiger partial charge in [-0.05, 0) is 66.4 Å². The highest BCUT2D eigenvalue weighted by Crippen LogP contribution is 2.32. The smallest absolute Gasteiger partial charge is 0.248 e. The number of aryl methyl sites for hydroxylation is 1. The molecule has 0 fully saturated rings. The number of pyridine rings is 1. The van der Waals surface area contributed by atoms with Crippen LogP contribution in [0.25, 0.3) is 22.4 Å². The van der Waals surface area contributed by atoms with E-state index in [1.54, 1.807) is 26.4 Å². The predicted octanol–water partition coefficient (Wildman–Crippen LogP) is 4.10. The summed E-state index contributed by atoms with van der Waals surface area (Å²) in [6, 6.07) is 17.3. The van der Waals surface area contributed by atoms with Crippen LogP contribution in [-0.4, -0.2) is 31.7 Å². The Kier molecular flexibility index (Phi) is 6.40. The number of hydrogen-bond donors (Lipinski definition) is 1. The van der Waals surface area contributed by atoms with Crippen molar-refractivity contribution < 1.29 is 14.3 Å². The van der Waals surface area contributed by atoms with E-state index in [4.69, 9.17) is 20.2 Å². The maximum Gasteiger partial charge on any atom is 0.248 e. The number of ether oxygens (including phenoxy) is 2. The topological polar surface area (TPSA) is 74.4 Å². The zero-order chi connectivity index (χ0) is 19.9. The highest BCUT2D eigenvalue weighted by atomic mass is 16.5.